The van der Waals surface area contributed by atoms with E-state index in [4.69, 9.17) is 15.6 Å². The molecule has 0 aliphatic heterocycles. The molecule has 0 saturated heterocycles. The van der Waals surface area contributed by atoms with Gasteiger partial charge in [0.1, 0.15) is 34.5 Å². The number of nitrogens with one attached hydrogen (secondary N) is 2. The molecule has 0 aliphatic carbocycles. The van der Waals surface area contributed by atoms with E-state index in [-0.39, 0.29) is 47.8 Å². The van der Waals surface area contributed by atoms with Gasteiger partial charge in [0.15, 0.2) is 0 Å². The van der Waals surface area contributed by atoms with Crippen LogP contribution in [0, 0.1) is 18.6 Å². The van der Waals surface area contributed by atoms with E-state index in [1.807, 2.05) is 0 Å². The summed E-state index contributed by atoms with van der Waals surface area (Å²) in [6.07, 6.45) is 3.22. The molecular weight excluding hydrogens is 552 g/mol. The maximum Gasteiger partial charge on any atom is 0.266 e. The number of pyridine rings is 1. The van der Waals surface area contributed by atoms with E-state index in [1.54, 1.807) is 6.92 Å². The van der Waals surface area contributed by atoms with E-state index in [0.29, 0.717) is 22.6 Å². The fourth-order valence-electron chi connectivity index (χ4n) is 3.00. The Balaban J connectivity index is 0.00000432. The van der Waals surface area contributed by atoms with Gasteiger partial charge in [-0.25, -0.2) is 8.78 Å². The third-order valence-corrected chi connectivity index (χ3v) is 5.63. The first-order valence-electron chi connectivity index (χ1n) is 10.1. The SMILES string of the molecule is Cc1[nH]c(=O)c(Br)c(OCc2ccc(F)cc2F)c1Cc1cnc(CNC(=O)[C@H](N)CO)cn1.Cl. The minimum absolute atomic E-state index is 0. The number of aryl methyl sites for hydroxylation is 1. The van der Waals surface area contributed by atoms with Gasteiger partial charge >= 0.3 is 0 Å². The molecule has 1 amide bonds. The van der Waals surface area contributed by atoms with Gasteiger partial charge in [0.25, 0.3) is 5.56 Å². The third kappa shape index (κ3) is 7.28. The summed E-state index contributed by atoms with van der Waals surface area (Å²) in [5.41, 5.74) is 7.29. The van der Waals surface area contributed by atoms with Crippen molar-refractivity contribution in [3.05, 3.63) is 85.3 Å². The zero-order valence-electron chi connectivity index (χ0n) is 18.5. The monoisotopic (exact) mass is 573 g/mol. The number of aliphatic hydroxyl groups excluding tert-OH is 1. The van der Waals surface area contributed by atoms with Crippen molar-refractivity contribution in [2.45, 2.75) is 32.5 Å². The van der Waals surface area contributed by atoms with Crippen molar-refractivity contribution < 1.29 is 23.4 Å². The van der Waals surface area contributed by atoms with Gasteiger partial charge in [0.05, 0.1) is 30.7 Å². The summed E-state index contributed by atoms with van der Waals surface area (Å²) in [7, 11) is 0. The van der Waals surface area contributed by atoms with Crippen molar-refractivity contribution in [2.24, 2.45) is 5.73 Å². The topological polar surface area (TPSA) is 143 Å². The number of hydrogen-bond acceptors (Lipinski definition) is 7. The first-order valence-corrected chi connectivity index (χ1v) is 10.9. The third-order valence-electron chi connectivity index (χ3n) is 4.91. The summed E-state index contributed by atoms with van der Waals surface area (Å²) in [6.45, 7) is 1.08. The molecule has 0 saturated carbocycles. The number of carbonyl (C=O) groups is 1. The maximum absolute atomic E-state index is 14.0. The first kappa shape index (κ1) is 28.3. The Hall–Kier alpha value is -2.93. The number of nitrogens with zero attached hydrogens (tertiary/aromatic N) is 2. The number of aromatic nitrogens is 3. The summed E-state index contributed by atoms with van der Waals surface area (Å²) in [4.78, 5) is 35.2. The van der Waals surface area contributed by atoms with Crippen LogP contribution in [0.2, 0.25) is 0 Å². The second kappa shape index (κ2) is 12.7. The van der Waals surface area contributed by atoms with Crippen LogP contribution in [-0.4, -0.2) is 38.6 Å². The number of nitrogens with two attached hydrogens (primary N) is 1. The fourth-order valence-corrected chi connectivity index (χ4v) is 3.45. The highest BCUT2D eigenvalue weighted by Gasteiger charge is 2.18. The van der Waals surface area contributed by atoms with Gasteiger partial charge in [-0.15, -0.1) is 12.4 Å². The Morgan fingerprint density at radius 1 is 1.29 bits per heavy atom. The number of hydrogen-bond donors (Lipinski definition) is 4. The molecule has 188 valence electrons. The standard InChI is InChI=1S/C22H22BrF2N5O4.ClH/c1-11-16(5-14-6-28-15(7-27-14)8-29-21(32)18(26)9-31)20(19(23)22(33)30-11)34-10-12-2-3-13(24)4-17(12)25;/h2-4,6-7,18,31H,5,8-10,26H2,1H3,(H,29,32)(H,30,33);1H/t18-;/m1./s1. The molecule has 0 fully saturated rings. The molecular formula is C22H23BrClF2N5O4. The zero-order chi connectivity index (χ0) is 24.8. The van der Waals surface area contributed by atoms with Gasteiger partial charge < -0.3 is 25.9 Å². The predicted octanol–water partition coefficient (Wildman–Crippen LogP) is 2.04. The maximum atomic E-state index is 14.0. The molecule has 35 heavy (non-hydrogen) atoms. The molecule has 3 rings (SSSR count). The lowest BCUT2D eigenvalue weighted by molar-refractivity contribution is -0.123. The van der Waals surface area contributed by atoms with Crippen LogP contribution in [0.3, 0.4) is 0 Å². The van der Waals surface area contributed by atoms with E-state index in [2.05, 4.69) is 36.2 Å². The summed E-state index contributed by atoms with van der Waals surface area (Å²) >= 11 is 3.22. The second-order valence-corrected chi connectivity index (χ2v) is 8.20. The Labute approximate surface area is 213 Å². The van der Waals surface area contributed by atoms with Gasteiger partial charge in [-0.05, 0) is 35.0 Å². The summed E-state index contributed by atoms with van der Waals surface area (Å²) in [6, 6.07) is 2.14. The van der Waals surface area contributed by atoms with Crippen molar-refractivity contribution in [1.29, 1.82) is 0 Å². The number of H-pyrrole nitrogens is 1. The summed E-state index contributed by atoms with van der Waals surface area (Å²) < 4.78 is 33.1. The number of aromatic amines is 1. The van der Waals surface area contributed by atoms with Gasteiger partial charge in [0.2, 0.25) is 5.91 Å². The predicted molar refractivity (Wildman–Crippen MR) is 129 cm³/mol. The molecule has 1 aromatic carbocycles. The highest BCUT2D eigenvalue weighted by Crippen LogP contribution is 2.30. The lowest BCUT2D eigenvalue weighted by atomic mass is 10.1. The number of aliphatic hydroxyl groups is 1. The second-order valence-electron chi connectivity index (χ2n) is 7.41. The van der Waals surface area contributed by atoms with Gasteiger partial charge in [-0.2, -0.15) is 0 Å². The Kier molecular flexibility index (Phi) is 10.3. The number of carbonyl (C=O) groups excluding carboxylic acids is 1. The minimum atomic E-state index is -1.02. The van der Waals surface area contributed by atoms with E-state index in [9.17, 15) is 18.4 Å². The van der Waals surface area contributed by atoms with Crippen LogP contribution in [0.5, 0.6) is 5.75 Å². The smallest absolute Gasteiger partial charge is 0.266 e. The summed E-state index contributed by atoms with van der Waals surface area (Å²) in [5.74, 6) is -1.76. The van der Waals surface area contributed by atoms with E-state index in [1.165, 1.54) is 18.5 Å². The molecule has 9 nitrogen and oxygen atoms in total. The molecule has 3 aromatic rings. The van der Waals surface area contributed by atoms with E-state index >= 15 is 0 Å². The molecule has 5 N–H and O–H groups in total. The molecule has 0 unspecified atom stereocenters. The minimum Gasteiger partial charge on any atom is -0.487 e. The van der Waals surface area contributed by atoms with E-state index < -0.39 is 35.7 Å². The van der Waals surface area contributed by atoms with Crippen LogP contribution in [0.25, 0.3) is 0 Å². The zero-order valence-corrected chi connectivity index (χ0v) is 20.9. The van der Waals surface area contributed by atoms with Crippen molar-refractivity contribution in [2.75, 3.05) is 6.61 Å². The van der Waals surface area contributed by atoms with Gasteiger partial charge in [-0.3, -0.25) is 19.6 Å². The van der Waals surface area contributed by atoms with Crippen molar-refractivity contribution >= 4 is 34.2 Å². The van der Waals surface area contributed by atoms with Crippen LogP contribution < -0.4 is 21.3 Å². The molecule has 2 aromatic heterocycles. The number of amides is 1. The Morgan fingerprint density at radius 3 is 2.60 bits per heavy atom. The Bertz CT molecular complexity index is 1240. The number of rotatable bonds is 9. The van der Waals surface area contributed by atoms with Crippen molar-refractivity contribution in [3.63, 3.8) is 0 Å². The normalized spacial score (nSPS) is 11.5. The van der Waals surface area contributed by atoms with Crippen LogP contribution in [0.1, 0.15) is 28.2 Å². The largest absolute Gasteiger partial charge is 0.487 e. The molecule has 0 aliphatic rings. The number of halogens is 4. The molecule has 2 heterocycles. The van der Waals surface area contributed by atoms with Crippen LogP contribution in [0.4, 0.5) is 8.78 Å². The van der Waals surface area contributed by atoms with Crippen molar-refractivity contribution in [3.8, 4) is 5.75 Å². The fraction of sp³-hybridized carbons (Fsp3) is 0.273. The molecule has 1 atom stereocenters. The highest BCUT2D eigenvalue weighted by molar-refractivity contribution is 9.10. The molecule has 0 spiro atoms. The molecule has 0 bridgehead atoms. The quantitative estimate of drug-likeness (QED) is 0.306. The first-order chi connectivity index (χ1) is 16.2. The average molecular weight is 575 g/mol. The Morgan fingerprint density at radius 2 is 1.97 bits per heavy atom. The highest BCUT2D eigenvalue weighted by atomic mass is 79.9. The van der Waals surface area contributed by atoms with Crippen molar-refractivity contribution in [1.82, 2.24) is 20.3 Å². The average Bonchev–Trinajstić information content (AvgIpc) is 2.82. The van der Waals surface area contributed by atoms with E-state index in [0.717, 1.165) is 12.1 Å². The van der Waals surface area contributed by atoms with Crippen LogP contribution >= 0.6 is 28.3 Å². The summed E-state index contributed by atoms with van der Waals surface area (Å²) in [5, 5.41) is 11.4. The lowest BCUT2D eigenvalue weighted by Crippen LogP contribution is -2.42. The number of ether oxygens (including phenoxy) is 1. The lowest BCUT2D eigenvalue weighted by Gasteiger charge is -2.16. The van der Waals surface area contributed by atoms with Crippen LogP contribution in [-0.2, 0) is 24.4 Å². The van der Waals surface area contributed by atoms with Crippen LogP contribution in [0.15, 0.2) is 39.9 Å². The molecule has 0 radical (unpaired) electrons. The van der Waals surface area contributed by atoms with Gasteiger partial charge in [-0.1, -0.05) is 0 Å². The van der Waals surface area contributed by atoms with Gasteiger partial charge in [0, 0.05) is 35.5 Å². The number of benzene rings is 1. The molecule has 13 heteroatoms.